The number of nitrogens with zero attached hydrogens (tertiary/aromatic N) is 3. The lowest BCUT2D eigenvalue weighted by Crippen LogP contribution is -1.96. The van der Waals surface area contributed by atoms with Gasteiger partial charge in [0.05, 0.1) is 11.7 Å². The highest BCUT2D eigenvalue weighted by Gasteiger charge is 2.13. The quantitative estimate of drug-likeness (QED) is 0.492. The minimum atomic E-state index is 0.719. The van der Waals surface area contributed by atoms with Gasteiger partial charge in [0.25, 0.3) is 0 Å². The van der Waals surface area contributed by atoms with Gasteiger partial charge in [-0.2, -0.15) is 5.10 Å². The van der Waals surface area contributed by atoms with E-state index in [0.717, 1.165) is 50.5 Å². The number of aromatic amines is 1. The predicted octanol–water partition coefficient (Wildman–Crippen LogP) is 4.82. The maximum atomic E-state index is 6.05. The predicted molar refractivity (Wildman–Crippen MR) is 101 cm³/mol. The van der Waals surface area contributed by atoms with Crippen LogP contribution < -0.4 is 5.32 Å². The SMILES string of the molecule is Cc1nccc(Nc2cc(-c3cc4ccccc4o3)c3[nH]ncc3c2)n1. The Balaban J connectivity index is 1.65. The zero-order valence-electron chi connectivity index (χ0n) is 14.0. The topological polar surface area (TPSA) is 79.6 Å². The van der Waals surface area contributed by atoms with Gasteiger partial charge in [-0.05, 0) is 37.3 Å². The Hall–Kier alpha value is -3.67. The van der Waals surface area contributed by atoms with E-state index in [2.05, 4.69) is 25.5 Å². The van der Waals surface area contributed by atoms with Crippen LogP contribution >= 0.6 is 0 Å². The maximum Gasteiger partial charge on any atom is 0.137 e. The number of para-hydroxylation sites is 1. The largest absolute Gasteiger partial charge is 0.456 e. The summed E-state index contributed by atoms with van der Waals surface area (Å²) >= 11 is 0. The highest BCUT2D eigenvalue weighted by Crippen LogP contribution is 2.35. The third kappa shape index (κ3) is 2.48. The van der Waals surface area contributed by atoms with E-state index in [1.807, 2.05) is 55.5 Å². The second kappa shape index (κ2) is 5.70. The summed E-state index contributed by atoms with van der Waals surface area (Å²) in [6, 6.07) is 15.9. The highest BCUT2D eigenvalue weighted by molar-refractivity contribution is 5.97. The number of anilines is 2. The lowest BCUT2D eigenvalue weighted by Gasteiger charge is -2.08. The molecule has 0 fully saturated rings. The van der Waals surface area contributed by atoms with Gasteiger partial charge in [0.15, 0.2) is 0 Å². The van der Waals surface area contributed by atoms with Crippen LogP contribution in [0, 0.1) is 6.92 Å². The van der Waals surface area contributed by atoms with E-state index in [-0.39, 0.29) is 0 Å². The molecule has 0 saturated carbocycles. The molecule has 0 bridgehead atoms. The van der Waals surface area contributed by atoms with Crippen molar-refractivity contribution in [2.75, 3.05) is 5.32 Å². The molecular formula is C20H15N5O. The van der Waals surface area contributed by atoms with Gasteiger partial charge in [-0.1, -0.05) is 18.2 Å². The van der Waals surface area contributed by atoms with E-state index in [0.29, 0.717) is 0 Å². The zero-order valence-corrected chi connectivity index (χ0v) is 14.0. The molecule has 0 spiro atoms. The molecule has 3 heterocycles. The molecule has 2 N–H and O–H groups in total. The van der Waals surface area contributed by atoms with Crippen LogP contribution in [0.4, 0.5) is 11.5 Å². The molecule has 26 heavy (non-hydrogen) atoms. The van der Waals surface area contributed by atoms with E-state index in [1.165, 1.54) is 0 Å². The molecule has 0 amide bonds. The van der Waals surface area contributed by atoms with Crippen molar-refractivity contribution < 1.29 is 4.42 Å². The smallest absolute Gasteiger partial charge is 0.137 e. The Kier molecular flexibility index (Phi) is 3.21. The average molecular weight is 341 g/mol. The van der Waals surface area contributed by atoms with E-state index in [4.69, 9.17) is 4.42 Å². The van der Waals surface area contributed by atoms with Gasteiger partial charge in [0, 0.05) is 28.2 Å². The third-order valence-corrected chi connectivity index (χ3v) is 4.29. The lowest BCUT2D eigenvalue weighted by molar-refractivity contribution is 0.632. The van der Waals surface area contributed by atoms with Crippen LogP contribution in [0.25, 0.3) is 33.2 Å². The summed E-state index contributed by atoms with van der Waals surface area (Å²) in [5, 5.41) is 12.7. The van der Waals surface area contributed by atoms with Crippen LogP contribution in [0.2, 0.25) is 0 Å². The van der Waals surface area contributed by atoms with Gasteiger partial charge in [0.2, 0.25) is 0 Å². The normalized spacial score (nSPS) is 11.3. The summed E-state index contributed by atoms with van der Waals surface area (Å²) in [5.41, 5.74) is 3.66. The molecule has 0 radical (unpaired) electrons. The van der Waals surface area contributed by atoms with Crippen molar-refractivity contribution in [3.63, 3.8) is 0 Å². The van der Waals surface area contributed by atoms with Crippen molar-refractivity contribution in [3.05, 3.63) is 66.7 Å². The summed E-state index contributed by atoms with van der Waals surface area (Å²) in [7, 11) is 0. The number of aryl methyl sites for hydroxylation is 1. The number of hydrogen-bond acceptors (Lipinski definition) is 5. The minimum Gasteiger partial charge on any atom is -0.456 e. The first-order chi connectivity index (χ1) is 12.8. The monoisotopic (exact) mass is 341 g/mol. The van der Waals surface area contributed by atoms with Gasteiger partial charge in [0.1, 0.15) is 23.0 Å². The molecule has 0 aliphatic carbocycles. The molecule has 6 nitrogen and oxygen atoms in total. The Morgan fingerprint density at radius 2 is 1.96 bits per heavy atom. The summed E-state index contributed by atoms with van der Waals surface area (Å²) < 4.78 is 6.05. The van der Waals surface area contributed by atoms with Crippen molar-refractivity contribution in [2.24, 2.45) is 0 Å². The first-order valence-electron chi connectivity index (χ1n) is 8.29. The van der Waals surface area contributed by atoms with E-state index in [1.54, 1.807) is 12.4 Å². The second-order valence-corrected chi connectivity index (χ2v) is 6.12. The molecule has 0 unspecified atom stereocenters. The summed E-state index contributed by atoms with van der Waals surface area (Å²) in [5.74, 6) is 2.26. The summed E-state index contributed by atoms with van der Waals surface area (Å²) in [6.07, 6.45) is 3.54. The molecule has 5 rings (SSSR count). The first kappa shape index (κ1) is 14.7. The number of fused-ring (bicyclic) bond motifs is 2. The van der Waals surface area contributed by atoms with Crippen molar-refractivity contribution in [3.8, 4) is 11.3 Å². The third-order valence-electron chi connectivity index (χ3n) is 4.29. The fourth-order valence-electron chi connectivity index (χ4n) is 3.11. The molecule has 3 aromatic heterocycles. The van der Waals surface area contributed by atoms with Crippen molar-refractivity contribution in [1.29, 1.82) is 0 Å². The van der Waals surface area contributed by atoms with E-state index >= 15 is 0 Å². The van der Waals surface area contributed by atoms with Crippen LogP contribution in [0.1, 0.15) is 5.82 Å². The fourth-order valence-corrected chi connectivity index (χ4v) is 3.11. The van der Waals surface area contributed by atoms with E-state index < -0.39 is 0 Å². The Morgan fingerprint density at radius 3 is 2.85 bits per heavy atom. The summed E-state index contributed by atoms with van der Waals surface area (Å²) in [6.45, 7) is 1.87. The van der Waals surface area contributed by atoms with Gasteiger partial charge < -0.3 is 9.73 Å². The zero-order chi connectivity index (χ0) is 17.5. The van der Waals surface area contributed by atoms with Crippen LogP contribution in [0.5, 0.6) is 0 Å². The van der Waals surface area contributed by atoms with Gasteiger partial charge in [-0.15, -0.1) is 0 Å². The second-order valence-electron chi connectivity index (χ2n) is 6.12. The summed E-state index contributed by atoms with van der Waals surface area (Å²) in [4.78, 5) is 8.54. The van der Waals surface area contributed by atoms with Gasteiger partial charge in [-0.3, -0.25) is 5.10 Å². The molecule has 0 saturated heterocycles. The number of aromatic nitrogens is 4. The number of H-pyrrole nitrogens is 1. The lowest BCUT2D eigenvalue weighted by atomic mass is 10.1. The number of hydrogen-bond donors (Lipinski definition) is 2. The molecular weight excluding hydrogens is 326 g/mol. The Labute approximate surface area is 148 Å². The Bertz CT molecular complexity index is 1200. The van der Waals surface area contributed by atoms with Crippen LogP contribution in [0.3, 0.4) is 0 Å². The fraction of sp³-hybridized carbons (Fsp3) is 0.0500. The van der Waals surface area contributed by atoms with Crippen molar-refractivity contribution >= 4 is 33.4 Å². The molecule has 2 aromatic carbocycles. The van der Waals surface area contributed by atoms with Crippen LogP contribution in [-0.4, -0.2) is 20.2 Å². The number of furan rings is 1. The standard InChI is InChI=1S/C20H15N5O/c1-12-21-7-6-19(23-12)24-15-8-14-11-22-25-20(14)16(10-15)18-9-13-4-2-3-5-17(13)26-18/h2-11H,1H3,(H,22,25)(H,21,23,24). The molecule has 6 heteroatoms. The number of nitrogens with one attached hydrogen (secondary N) is 2. The number of rotatable bonds is 3. The maximum absolute atomic E-state index is 6.05. The van der Waals surface area contributed by atoms with Crippen molar-refractivity contribution in [1.82, 2.24) is 20.2 Å². The molecule has 0 aliphatic rings. The Morgan fingerprint density at radius 1 is 1.04 bits per heavy atom. The van der Waals surface area contributed by atoms with Gasteiger partial charge in [-0.25, -0.2) is 9.97 Å². The van der Waals surface area contributed by atoms with Crippen LogP contribution in [-0.2, 0) is 0 Å². The first-order valence-corrected chi connectivity index (χ1v) is 8.29. The number of benzene rings is 2. The minimum absolute atomic E-state index is 0.719. The molecule has 126 valence electrons. The average Bonchev–Trinajstić information content (AvgIpc) is 3.27. The molecule has 5 aromatic rings. The molecule has 0 atom stereocenters. The van der Waals surface area contributed by atoms with Crippen LogP contribution in [0.15, 0.2) is 65.3 Å². The molecule has 0 aliphatic heterocycles. The van der Waals surface area contributed by atoms with Crippen molar-refractivity contribution in [2.45, 2.75) is 6.92 Å². The van der Waals surface area contributed by atoms with Gasteiger partial charge >= 0.3 is 0 Å². The highest BCUT2D eigenvalue weighted by atomic mass is 16.3. The van der Waals surface area contributed by atoms with E-state index in [9.17, 15) is 0 Å².